The number of anilines is 1. The minimum Gasteiger partial charge on any atom is -0.491 e. The van der Waals surface area contributed by atoms with Crippen molar-refractivity contribution in [3.63, 3.8) is 0 Å². The Balaban J connectivity index is 1.52. The molecule has 2 rings (SSSR count). The smallest absolute Gasteiger partial charge is 0.234 e. The third-order valence-electron chi connectivity index (χ3n) is 5.15. The van der Waals surface area contributed by atoms with Crippen molar-refractivity contribution >= 4 is 23.4 Å². The van der Waals surface area contributed by atoms with Gasteiger partial charge in [-0.3, -0.25) is 9.89 Å². The van der Waals surface area contributed by atoms with Gasteiger partial charge in [-0.05, 0) is 18.6 Å². The molecule has 0 aliphatic carbocycles. The number of aromatic nitrogens is 3. The zero-order valence-electron chi connectivity index (χ0n) is 18.9. The maximum atomic E-state index is 12.2. The molecule has 0 radical (unpaired) electrons. The molecule has 1 aromatic carbocycles. The van der Waals surface area contributed by atoms with E-state index in [4.69, 9.17) is 4.74 Å². The fourth-order valence-electron chi connectivity index (χ4n) is 3.40. The average molecular weight is 447 g/mol. The number of aromatic amines is 1. The monoisotopic (exact) mass is 446 g/mol. The number of thioether (sulfide) groups is 1. The standard InChI is InChI=1S/C24H38N4O2S/c1-2-3-4-5-6-7-8-9-10-11-12-15-18-30-22-17-14-13-16-21(22)27-23(29)19-31-24-25-20-26-28-24/h13-14,16-17,20H,2-12,15,18-19H2,1H3,(H,27,29)(H,25,26,28). The van der Waals surface area contributed by atoms with E-state index >= 15 is 0 Å². The number of carbonyl (C=O) groups is 1. The van der Waals surface area contributed by atoms with E-state index in [1.165, 1.54) is 88.7 Å². The van der Waals surface area contributed by atoms with Gasteiger partial charge < -0.3 is 10.1 Å². The van der Waals surface area contributed by atoms with E-state index in [9.17, 15) is 4.79 Å². The summed E-state index contributed by atoms with van der Waals surface area (Å²) in [7, 11) is 0. The van der Waals surface area contributed by atoms with Crippen LogP contribution in [0.2, 0.25) is 0 Å². The van der Waals surface area contributed by atoms with Gasteiger partial charge in [0.05, 0.1) is 18.0 Å². The molecule has 0 aliphatic rings. The number of benzene rings is 1. The normalized spacial score (nSPS) is 10.9. The van der Waals surface area contributed by atoms with E-state index in [-0.39, 0.29) is 11.7 Å². The van der Waals surface area contributed by atoms with Gasteiger partial charge in [-0.25, -0.2) is 4.98 Å². The van der Waals surface area contributed by atoms with Crippen LogP contribution in [0, 0.1) is 0 Å². The Morgan fingerprint density at radius 3 is 2.26 bits per heavy atom. The van der Waals surface area contributed by atoms with Gasteiger partial charge in [-0.1, -0.05) is 101 Å². The van der Waals surface area contributed by atoms with Crippen LogP contribution in [-0.2, 0) is 4.79 Å². The second-order valence-corrected chi connectivity index (χ2v) is 8.83. The summed E-state index contributed by atoms with van der Waals surface area (Å²) in [6, 6.07) is 7.60. The number of nitrogens with zero attached hydrogens (tertiary/aromatic N) is 2. The van der Waals surface area contributed by atoms with Gasteiger partial charge in [-0.15, -0.1) is 0 Å². The molecule has 172 valence electrons. The fourth-order valence-corrected chi connectivity index (χ4v) is 3.98. The molecular formula is C24H38N4O2S. The predicted molar refractivity (Wildman–Crippen MR) is 129 cm³/mol. The number of para-hydroxylation sites is 2. The molecule has 2 N–H and O–H groups in total. The molecule has 0 atom stereocenters. The summed E-state index contributed by atoms with van der Waals surface area (Å²) in [5.74, 6) is 0.897. The molecule has 0 saturated carbocycles. The summed E-state index contributed by atoms with van der Waals surface area (Å²) in [5.41, 5.74) is 0.713. The second-order valence-electron chi connectivity index (χ2n) is 7.86. The third-order valence-corrected chi connectivity index (χ3v) is 6.03. The largest absolute Gasteiger partial charge is 0.491 e. The number of hydrogen-bond donors (Lipinski definition) is 2. The summed E-state index contributed by atoms with van der Waals surface area (Å²) in [4.78, 5) is 16.2. The molecule has 0 saturated heterocycles. The van der Waals surface area contributed by atoms with E-state index in [2.05, 4.69) is 27.4 Å². The van der Waals surface area contributed by atoms with Crippen LogP contribution in [-0.4, -0.2) is 33.4 Å². The second kappa shape index (κ2) is 16.6. The van der Waals surface area contributed by atoms with Gasteiger partial charge in [0.1, 0.15) is 12.1 Å². The number of ether oxygens (including phenoxy) is 1. The number of H-pyrrole nitrogens is 1. The van der Waals surface area contributed by atoms with Crippen molar-refractivity contribution in [2.75, 3.05) is 17.7 Å². The Morgan fingerprint density at radius 1 is 0.968 bits per heavy atom. The quantitative estimate of drug-likeness (QED) is 0.199. The topological polar surface area (TPSA) is 79.9 Å². The SMILES string of the molecule is CCCCCCCCCCCCCCOc1ccccc1NC(=O)CSc1ncn[nH]1. The molecule has 1 amide bonds. The summed E-state index contributed by atoms with van der Waals surface area (Å²) in [5, 5.41) is 10.1. The summed E-state index contributed by atoms with van der Waals surface area (Å²) < 4.78 is 5.93. The first-order valence-corrected chi connectivity index (χ1v) is 12.8. The first-order valence-electron chi connectivity index (χ1n) is 11.8. The Bertz CT molecular complexity index is 709. The molecule has 2 aromatic rings. The van der Waals surface area contributed by atoms with Crippen molar-refractivity contribution in [2.24, 2.45) is 0 Å². The first-order chi connectivity index (χ1) is 15.3. The summed E-state index contributed by atoms with van der Waals surface area (Å²) in [6.07, 6.45) is 17.3. The molecule has 0 aliphatic heterocycles. The molecule has 0 spiro atoms. The van der Waals surface area contributed by atoms with Crippen LogP contribution < -0.4 is 10.1 Å². The number of unbranched alkanes of at least 4 members (excludes halogenated alkanes) is 11. The Labute approximate surface area is 191 Å². The van der Waals surface area contributed by atoms with Gasteiger partial charge >= 0.3 is 0 Å². The highest BCUT2D eigenvalue weighted by molar-refractivity contribution is 7.99. The van der Waals surface area contributed by atoms with E-state index in [1.807, 2.05) is 24.3 Å². The molecule has 31 heavy (non-hydrogen) atoms. The van der Waals surface area contributed by atoms with Crippen molar-refractivity contribution in [1.29, 1.82) is 0 Å². The van der Waals surface area contributed by atoms with Crippen LogP contribution in [0.1, 0.15) is 84.0 Å². The van der Waals surface area contributed by atoms with Crippen LogP contribution in [0.25, 0.3) is 0 Å². The van der Waals surface area contributed by atoms with Gasteiger partial charge in [0.15, 0.2) is 5.16 Å². The van der Waals surface area contributed by atoms with E-state index in [1.54, 1.807) is 0 Å². The zero-order valence-corrected chi connectivity index (χ0v) is 19.7. The molecule has 6 nitrogen and oxygen atoms in total. The van der Waals surface area contributed by atoms with Crippen LogP contribution in [0.3, 0.4) is 0 Å². The van der Waals surface area contributed by atoms with Gasteiger partial charge in [0, 0.05) is 0 Å². The lowest BCUT2D eigenvalue weighted by molar-refractivity contribution is -0.113. The number of hydrogen-bond acceptors (Lipinski definition) is 5. The molecule has 1 aromatic heterocycles. The van der Waals surface area contributed by atoms with Gasteiger partial charge in [-0.2, -0.15) is 5.10 Å². The number of rotatable bonds is 18. The Morgan fingerprint density at radius 2 is 1.61 bits per heavy atom. The molecule has 0 fully saturated rings. The lowest BCUT2D eigenvalue weighted by Crippen LogP contribution is -2.15. The molecule has 7 heteroatoms. The van der Waals surface area contributed by atoms with Gasteiger partial charge in [0.2, 0.25) is 5.91 Å². The molecule has 0 bridgehead atoms. The Kier molecular flexibility index (Phi) is 13.6. The maximum Gasteiger partial charge on any atom is 0.234 e. The number of amides is 1. The zero-order chi connectivity index (χ0) is 22.0. The van der Waals surface area contributed by atoms with Crippen LogP contribution in [0.4, 0.5) is 5.69 Å². The first kappa shape index (κ1) is 25.2. The summed E-state index contributed by atoms with van der Waals surface area (Å²) >= 11 is 1.32. The highest BCUT2D eigenvalue weighted by Crippen LogP contribution is 2.24. The van der Waals surface area contributed by atoms with Gasteiger partial charge in [0.25, 0.3) is 0 Å². The van der Waals surface area contributed by atoms with E-state index < -0.39 is 0 Å². The third kappa shape index (κ3) is 11.8. The number of carbonyl (C=O) groups excluding carboxylic acids is 1. The lowest BCUT2D eigenvalue weighted by Gasteiger charge is -2.12. The fraction of sp³-hybridized carbons (Fsp3) is 0.625. The average Bonchev–Trinajstić information content (AvgIpc) is 3.30. The lowest BCUT2D eigenvalue weighted by atomic mass is 10.1. The molecular weight excluding hydrogens is 408 g/mol. The minimum absolute atomic E-state index is 0.0946. The van der Waals surface area contributed by atoms with Crippen molar-refractivity contribution < 1.29 is 9.53 Å². The molecule has 0 unspecified atom stereocenters. The highest BCUT2D eigenvalue weighted by Gasteiger charge is 2.09. The van der Waals surface area contributed by atoms with E-state index in [0.717, 1.165) is 12.2 Å². The number of nitrogens with one attached hydrogen (secondary N) is 2. The summed E-state index contributed by atoms with van der Waals surface area (Å²) in [6.45, 7) is 2.95. The highest BCUT2D eigenvalue weighted by atomic mass is 32.2. The van der Waals surface area contributed by atoms with Crippen LogP contribution in [0.5, 0.6) is 5.75 Å². The maximum absolute atomic E-state index is 12.2. The van der Waals surface area contributed by atoms with Crippen molar-refractivity contribution in [1.82, 2.24) is 15.2 Å². The van der Waals surface area contributed by atoms with E-state index in [0.29, 0.717) is 17.5 Å². The van der Waals surface area contributed by atoms with Crippen molar-refractivity contribution in [2.45, 2.75) is 89.1 Å². The van der Waals surface area contributed by atoms with Crippen LogP contribution >= 0.6 is 11.8 Å². The van der Waals surface area contributed by atoms with Crippen molar-refractivity contribution in [3.8, 4) is 5.75 Å². The molecule has 1 heterocycles. The Hall–Kier alpha value is -2.02. The predicted octanol–water partition coefficient (Wildman–Crippen LogP) is 6.62. The van der Waals surface area contributed by atoms with Crippen LogP contribution in [0.15, 0.2) is 35.7 Å². The van der Waals surface area contributed by atoms with Crippen molar-refractivity contribution in [3.05, 3.63) is 30.6 Å². The minimum atomic E-state index is -0.0946.